The van der Waals surface area contributed by atoms with Gasteiger partial charge in [-0.25, -0.2) is 4.98 Å². The van der Waals surface area contributed by atoms with Gasteiger partial charge in [0.25, 0.3) is 0 Å². The molecule has 0 aromatic carbocycles. The third-order valence-electron chi connectivity index (χ3n) is 4.05. The van der Waals surface area contributed by atoms with E-state index in [0.29, 0.717) is 0 Å². The zero-order valence-corrected chi connectivity index (χ0v) is 13.4. The van der Waals surface area contributed by atoms with Crippen LogP contribution < -0.4 is 0 Å². The average molecular weight is 313 g/mol. The van der Waals surface area contributed by atoms with Gasteiger partial charge in [-0.15, -0.1) is 0 Å². The molecule has 2 atom stereocenters. The van der Waals surface area contributed by atoms with E-state index in [1.54, 1.807) is 11.3 Å². The Labute approximate surface area is 134 Å². The Morgan fingerprint density at radius 2 is 2.27 bits per heavy atom. The van der Waals surface area contributed by atoms with Crippen LogP contribution >= 0.6 is 11.3 Å². The first-order chi connectivity index (χ1) is 10.8. The maximum absolute atomic E-state index is 6.10. The highest BCUT2D eigenvalue weighted by atomic mass is 32.1. The van der Waals surface area contributed by atoms with Gasteiger partial charge in [0.1, 0.15) is 5.65 Å². The van der Waals surface area contributed by atoms with Gasteiger partial charge < -0.3 is 9.14 Å². The fraction of sp³-hybridized carbons (Fsp3) is 0.353. The molecule has 0 amide bonds. The predicted octanol–water partition coefficient (Wildman–Crippen LogP) is 3.36. The van der Waals surface area contributed by atoms with Crippen molar-refractivity contribution in [1.82, 2.24) is 14.3 Å². The fourth-order valence-corrected chi connectivity index (χ4v) is 3.80. The summed E-state index contributed by atoms with van der Waals surface area (Å²) in [5.74, 6) is 0. The second kappa shape index (κ2) is 5.83. The highest BCUT2D eigenvalue weighted by Crippen LogP contribution is 2.27. The fourth-order valence-electron chi connectivity index (χ4n) is 3.10. The van der Waals surface area contributed by atoms with Gasteiger partial charge in [0, 0.05) is 32.0 Å². The van der Waals surface area contributed by atoms with E-state index in [2.05, 4.69) is 39.2 Å². The molecule has 0 unspecified atom stereocenters. The first-order valence-electron chi connectivity index (χ1n) is 7.60. The van der Waals surface area contributed by atoms with Crippen molar-refractivity contribution in [2.45, 2.75) is 25.7 Å². The molecule has 4 rings (SSSR count). The maximum atomic E-state index is 6.10. The average Bonchev–Trinajstić information content (AvgIpc) is 3.15. The van der Waals surface area contributed by atoms with E-state index in [-0.39, 0.29) is 12.2 Å². The Kier molecular flexibility index (Phi) is 3.70. The van der Waals surface area contributed by atoms with E-state index in [9.17, 15) is 0 Å². The van der Waals surface area contributed by atoms with Crippen molar-refractivity contribution < 1.29 is 4.74 Å². The van der Waals surface area contributed by atoms with Crippen LogP contribution in [0.5, 0.6) is 0 Å². The Bertz CT molecular complexity index is 719. The summed E-state index contributed by atoms with van der Waals surface area (Å²) in [6.07, 6.45) is 4.58. The lowest BCUT2D eigenvalue weighted by Gasteiger charge is -2.36. The summed E-state index contributed by atoms with van der Waals surface area (Å²) < 4.78 is 8.18. The van der Waals surface area contributed by atoms with Gasteiger partial charge in [-0.1, -0.05) is 6.07 Å². The van der Waals surface area contributed by atoms with Crippen LogP contribution in [0, 0.1) is 0 Å². The molecule has 3 aromatic rings. The van der Waals surface area contributed by atoms with Crippen molar-refractivity contribution in [3.8, 4) is 0 Å². The Balaban J connectivity index is 1.51. The summed E-state index contributed by atoms with van der Waals surface area (Å²) in [5, 5.41) is 4.30. The molecule has 0 saturated carbocycles. The molecule has 3 aromatic heterocycles. The van der Waals surface area contributed by atoms with Crippen LogP contribution in [0.2, 0.25) is 0 Å². The number of hydrogen-bond acceptors (Lipinski definition) is 4. The Morgan fingerprint density at radius 3 is 3.09 bits per heavy atom. The molecule has 1 aliphatic rings. The van der Waals surface area contributed by atoms with Gasteiger partial charge in [-0.3, -0.25) is 4.90 Å². The molecule has 4 heterocycles. The lowest BCUT2D eigenvalue weighted by Crippen LogP contribution is -2.42. The minimum absolute atomic E-state index is 0.173. The van der Waals surface area contributed by atoms with Crippen LogP contribution in [0.15, 0.2) is 47.4 Å². The largest absolute Gasteiger partial charge is 0.368 e. The van der Waals surface area contributed by atoms with Gasteiger partial charge in [-0.2, -0.15) is 11.3 Å². The van der Waals surface area contributed by atoms with Crippen molar-refractivity contribution in [3.63, 3.8) is 0 Å². The van der Waals surface area contributed by atoms with Crippen LogP contribution in [0.25, 0.3) is 5.65 Å². The summed E-state index contributed by atoms with van der Waals surface area (Å²) in [7, 11) is 0. The van der Waals surface area contributed by atoms with E-state index in [4.69, 9.17) is 9.72 Å². The number of hydrogen-bond donors (Lipinski definition) is 0. The zero-order valence-electron chi connectivity index (χ0n) is 12.6. The molecular weight excluding hydrogens is 294 g/mol. The number of pyridine rings is 1. The number of ether oxygens (including phenoxy) is 1. The van der Waals surface area contributed by atoms with Gasteiger partial charge in [-0.05, 0) is 41.4 Å². The molecule has 0 N–H and O–H groups in total. The van der Waals surface area contributed by atoms with E-state index < -0.39 is 0 Å². The normalized spacial score (nSPS) is 23.1. The number of morpholine rings is 1. The topological polar surface area (TPSA) is 29.8 Å². The third kappa shape index (κ3) is 2.79. The van der Waals surface area contributed by atoms with Crippen molar-refractivity contribution in [2.24, 2.45) is 0 Å². The number of thiophene rings is 1. The molecule has 1 aliphatic heterocycles. The van der Waals surface area contributed by atoms with Crippen molar-refractivity contribution in [3.05, 3.63) is 58.7 Å². The van der Waals surface area contributed by atoms with Crippen molar-refractivity contribution in [2.75, 3.05) is 13.1 Å². The quantitative estimate of drug-likeness (QED) is 0.742. The summed E-state index contributed by atoms with van der Waals surface area (Å²) in [6, 6.07) is 8.26. The van der Waals surface area contributed by atoms with Gasteiger partial charge in [0.05, 0.1) is 17.9 Å². The molecule has 4 nitrogen and oxygen atoms in total. The van der Waals surface area contributed by atoms with Crippen LogP contribution in [0.4, 0.5) is 0 Å². The van der Waals surface area contributed by atoms with Crippen LogP contribution in [-0.2, 0) is 11.3 Å². The smallest absolute Gasteiger partial charge is 0.137 e. The summed E-state index contributed by atoms with van der Waals surface area (Å²) in [4.78, 5) is 7.14. The van der Waals surface area contributed by atoms with Crippen LogP contribution in [0.3, 0.4) is 0 Å². The molecule has 0 radical (unpaired) electrons. The number of nitrogens with zero attached hydrogens (tertiary/aromatic N) is 3. The molecule has 22 heavy (non-hydrogen) atoms. The summed E-state index contributed by atoms with van der Waals surface area (Å²) >= 11 is 1.73. The maximum Gasteiger partial charge on any atom is 0.137 e. The highest BCUT2D eigenvalue weighted by Gasteiger charge is 2.27. The van der Waals surface area contributed by atoms with Gasteiger partial charge >= 0.3 is 0 Å². The SMILES string of the molecule is C[C@H]1CN(Cc2cn3ccccc3n2)C[C@@H](c2ccsc2)O1. The molecule has 5 heteroatoms. The van der Waals surface area contributed by atoms with Gasteiger partial charge in [0.2, 0.25) is 0 Å². The molecule has 114 valence electrons. The van der Waals surface area contributed by atoms with Crippen LogP contribution in [-0.4, -0.2) is 33.5 Å². The molecule has 1 saturated heterocycles. The number of rotatable bonds is 3. The summed E-state index contributed by atoms with van der Waals surface area (Å²) in [6.45, 7) is 4.90. The van der Waals surface area contributed by atoms with Crippen LogP contribution in [0.1, 0.15) is 24.3 Å². The first-order valence-corrected chi connectivity index (χ1v) is 8.55. The lowest BCUT2D eigenvalue weighted by atomic mass is 10.1. The molecule has 1 fully saturated rings. The summed E-state index contributed by atoms with van der Waals surface area (Å²) in [5.41, 5.74) is 3.41. The van der Waals surface area contributed by atoms with E-state index in [1.807, 2.05) is 24.4 Å². The molecule has 0 bridgehead atoms. The standard InChI is InChI=1S/C17H19N3OS/c1-13-8-19(11-16(21-13)14-5-7-22-12-14)9-15-10-20-6-3-2-4-17(20)18-15/h2-7,10,12-13,16H,8-9,11H2,1H3/t13-,16-/m0/s1. The number of aromatic nitrogens is 2. The monoisotopic (exact) mass is 313 g/mol. The minimum Gasteiger partial charge on any atom is -0.368 e. The Morgan fingerprint density at radius 1 is 1.32 bits per heavy atom. The predicted molar refractivity (Wildman–Crippen MR) is 88.1 cm³/mol. The van der Waals surface area contributed by atoms with E-state index in [0.717, 1.165) is 31.0 Å². The third-order valence-corrected chi connectivity index (χ3v) is 4.75. The zero-order chi connectivity index (χ0) is 14.9. The molecule has 0 aliphatic carbocycles. The molecule has 0 spiro atoms. The second-order valence-corrected chi connectivity index (χ2v) is 6.66. The second-order valence-electron chi connectivity index (χ2n) is 5.88. The first kappa shape index (κ1) is 13.9. The number of fused-ring (bicyclic) bond motifs is 1. The van der Waals surface area contributed by atoms with Crippen molar-refractivity contribution in [1.29, 1.82) is 0 Å². The minimum atomic E-state index is 0.173. The lowest BCUT2D eigenvalue weighted by molar-refractivity contribution is -0.0814. The van der Waals surface area contributed by atoms with Crippen molar-refractivity contribution >= 4 is 17.0 Å². The highest BCUT2D eigenvalue weighted by molar-refractivity contribution is 7.07. The Hall–Kier alpha value is -1.69. The molecular formula is C17H19N3OS. The number of imidazole rings is 1. The van der Waals surface area contributed by atoms with Gasteiger partial charge in [0.15, 0.2) is 0 Å². The van der Waals surface area contributed by atoms with E-state index in [1.165, 1.54) is 5.56 Å². The van der Waals surface area contributed by atoms with E-state index >= 15 is 0 Å².